The maximum Gasteiger partial charge on any atom is 0.301 e. The summed E-state index contributed by atoms with van der Waals surface area (Å²) < 4.78 is 25.4. The fourth-order valence-electron chi connectivity index (χ4n) is 5.20. The number of hydrogen-bond donors (Lipinski definition) is 2. The van der Waals surface area contributed by atoms with Crippen LogP contribution in [0.3, 0.4) is 0 Å². The molecule has 1 fully saturated rings. The number of rotatable bonds is 11. The molecule has 1 aliphatic heterocycles. The van der Waals surface area contributed by atoms with Gasteiger partial charge in [-0.25, -0.2) is 4.39 Å². The maximum atomic E-state index is 13.7. The van der Waals surface area contributed by atoms with Crippen molar-refractivity contribution in [3.05, 3.63) is 130 Å². The number of phenolic OH excluding ortho intramolecular Hbond substituents is 1. The summed E-state index contributed by atoms with van der Waals surface area (Å²) in [5.74, 6) is -1.42. The van der Waals surface area contributed by atoms with E-state index in [4.69, 9.17) is 9.47 Å². The number of carbonyl (C=O) groups is 2. The summed E-state index contributed by atoms with van der Waals surface area (Å²) in [4.78, 5) is 28.5. The van der Waals surface area contributed by atoms with Gasteiger partial charge in [-0.1, -0.05) is 65.6 Å². The molecule has 1 aliphatic rings. The van der Waals surface area contributed by atoms with E-state index in [-0.39, 0.29) is 40.4 Å². The summed E-state index contributed by atoms with van der Waals surface area (Å²) in [5.41, 5.74) is 3.57. The zero-order valence-corrected chi connectivity index (χ0v) is 27.6. The van der Waals surface area contributed by atoms with E-state index in [0.717, 1.165) is 28.0 Å². The number of ether oxygens (including phenoxy) is 2. The smallest absolute Gasteiger partial charge is 0.301 e. The third-order valence-electron chi connectivity index (χ3n) is 7.70. The van der Waals surface area contributed by atoms with Crippen LogP contribution >= 0.6 is 23.1 Å². The summed E-state index contributed by atoms with van der Waals surface area (Å²) in [7, 11) is 0. The Labute approximate surface area is 284 Å². The second-order valence-electron chi connectivity index (χ2n) is 10.8. The highest BCUT2D eigenvalue weighted by Gasteiger charge is 2.48. The van der Waals surface area contributed by atoms with Crippen molar-refractivity contribution >= 4 is 45.7 Å². The standard InChI is InChI=1S/C36H30FN3O6S2/c1-3-45-29-18-24(12-17-28(29)41)31-30(32(42)23-10-15-27(16-11-23)46-19-25-7-5-4-6-21(25)2)33(43)34(44)40(31)35-38-39-36(48-35)47-20-22-8-13-26(37)14-9-22/h4-18,31,41-42H,3,19-20H2,1-2H3/b32-30+. The SMILES string of the molecule is CCOc1cc(C2/C(=C(\O)c3ccc(OCc4ccccc4C)cc3)C(=O)C(=O)N2c2nnc(SCc3ccc(F)cc3)s2)ccc1O. The van der Waals surface area contributed by atoms with Gasteiger partial charge in [-0.15, -0.1) is 10.2 Å². The Morgan fingerprint density at radius 3 is 2.46 bits per heavy atom. The Bertz CT molecular complexity index is 2000. The normalized spacial score (nSPS) is 15.6. The number of hydrogen-bond acceptors (Lipinski definition) is 10. The number of nitrogens with zero attached hydrogens (tertiary/aromatic N) is 3. The molecule has 1 amide bonds. The summed E-state index contributed by atoms with van der Waals surface area (Å²) >= 11 is 2.46. The molecule has 2 heterocycles. The van der Waals surface area contributed by atoms with Crippen molar-refractivity contribution in [2.45, 2.75) is 36.6 Å². The van der Waals surface area contributed by atoms with Crippen molar-refractivity contribution in [3.8, 4) is 17.2 Å². The highest BCUT2D eigenvalue weighted by Crippen LogP contribution is 2.45. The largest absolute Gasteiger partial charge is 0.507 e. The molecule has 4 aromatic carbocycles. The Morgan fingerprint density at radius 1 is 0.979 bits per heavy atom. The molecule has 5 aromatic rings. The fraction of sp³-hybridized carbons (Fsp3) is 0.167. The van der Waals surface area contributed by atoms with E-state index < -0.39 is 17.7 Å². The van der Waals surface area contributed by atoms with Crippen LogP contribution in [0.25, 0.3) is 5.76 Å². The molecular weight excluding hydrogens is 654 g/mol. The van der Waals surface area contributed by atoms with Crippen LogP contribution in [-0.4, -0.2) is 38.7 Å². The van der Waals surface area contributed by atoms with E-state index in [0.29, 0.717) is 33.6 Å². The van der Waals surface area contributed by atoms with Gasteiger partial charge in [0.1, 0.15) is 23.9 Å². The lowest BCUT2D eigenvalue weighted by Gasteiger charge is -2.23. The van der Waals surface area contributed by atoms with Gasteiger partial charge in [-0.2, -0.15) is 0 Å². The fourth-order valence-corrected chi connectivity index (χ4v) is 7.02. The van der Waals surface area contributed by atoms with Crippen molar-refractivity contribution in [2.24, 2.45) is 0 Å². The molecule has 244 valence electrons. The zero-order chi connectivity index (χ0) is 33.8. The van der Waals surface area contributed by atoms with Gasteiger partial charge < -0.3 is 19.7 Å². The van der Waals surface area contributed by atoms with E-state index in [1.165, 1.54) is 40.9 Å². The van der Waals surface area contributed by atoms with E-state index in [9.17, 15) is 24.2 Å². The van der Waals surface area contributed by atoms with Crippen LogP contribution in [-0.2, 0) is 21.9 Å². The molecule has 9 nitrogen and oxygen atoms in total. The monoisotopic (exact) mass is 683 g/mol. The quantitative estimate of drug-likeness (QED) is 0.0477. The number of phenols is 1. The van der Waals surface area contributed by atoms with Gasteiger partial charge in [-0.05, 0) is 84.6 Å². The lowest BCUT2D eigenvalue weighted by Crippen LogP contribution is -2.29. The third kappa shape index (κ3) is 6.90. The number of aryl methyl sites for hydroxylation is 1. The van der Waals surface area contributed by atoms with Crippen molar-refractivity contribution in [1.29, 1.82) is 0 Å². The van der Waals surface area contributed by atoms with Gasteiger partial charge >= 0.3 is 5.91 Å². The van der Waals surface area contributed by atoms with Gasteiger partial charge in [0, 0.05) is 11.3 Å². The highest BCUT2D eigenvalue weighted by atomic mass is 32.2. The number of ketones is 1. The first-order chi connectivity index (χ1) is 23.2. The summed E-state index contributed by atoms with van der Waals surface area (Å²) in [6.07, 6.45) is 0. The first kappa shape index (κ1) is 32.7. The van der Waals surface area contributed by atoms with E-state index in [1.54, 1.807) is 49.4 Å². The van der Waals surface area contributed by atoms with Crippen molar-refractivity contribution in [2.75, 3.05) is 11.5 Å². The molecule has 12 heteroatoms. The average molecular weight is 684 g/mol. The number of aliphatic hydroxyl groups is 1. The predicted octanol–water partition coefficient (Wildman–Crippen LogP) is 7.59. The van der Waals surface area contributed by atoms with Gasteiger partial charge in [0.15, 0.2) is 15.8 Å². The minimum absolute atomic E-state index is 0.116. The summed E-state index contributed by atoms with van der Waals surface area (Å²) in [6, 6.07) is 24.0. The molecule has 0 spiro atoms. The minimum atomic E-state index is -1.11. The Hall–Kier alpha value is -5.20. The number of thioether (sulfide) groups is 1. The van der Waals surface area contributed by atoms with Crippen LogP contribution in [0.15, 0.2) is 101 Å². The van der Waals surface area contributed by atoms with Crippen LogP contribution in [0.5, 0.6) is 17.2 Å². The molecule has 1 unspecified atom stereocenters. The summed E-state index contributed by atoms with van der Waals surface area (Å²) in [5, 5.41) is 30.6. The molecular formula is C36H30FN3O6S2. The van der Waals surface area contributed by atoms with Crippen LogP contribution in [0.4, 0.5) is 9.52 Å². The number of aromatic hydroxyl groups is 1. The van der Waals surface area contributed by atoms with Gasteiger partial charge in [0.05, 0.1) is 18.2 Å². The minimum Gasteiger partial charge on any atom is -0.507 e. The number of carbonyl (C=O) groups excluding carboxylic acids is 2. The Balaban J connectivity index is 1.33. The number of Topliss-reactive ketones (excluding diaryl/α,β-unsaturated/α-hetero) is 1. The van der Waals surface area contributed by atoms with Crippen molar-refractivity contribution < 1.29 is 33.7 Å². The first-order valence-electron chi connectivity index (χ1n) is 15.0. The zero-order valence-electron chi connectivity index (χ0n) is 25.9. The molecule has 0 saturated carbocycles. The summed E-state index contributed by atoms with van der Waals surface area (Å²) in [6.45, 7) is 4.39. The number of benzene rings is 4. The molecule has 0 radical (unpaired) electrons. The lowest BCUT2D eigenvalue weighted by molar-refractivity contribution is -0.132. The van der Waals surface area contributed by atoms with Gasteiger partial charge in [-0.3, -0.25) is 14.5 Å². The van der Waals surface area contributed by atoms with Crippen LogP contribution < -0.4 is 14.4 Å². The highest BCUT2D eigenvalue weighted by molar-refractivity contribution is 8.00. The van der Waals surface area contributed by atoms with Gasteiger partial charge in [0.25, 0.3) is 5.78 Å². The lowest BCUT2D eigenvalue weighted by atomic mass is 9.95. The number of halogens is 1. The van der Waals surface area contributed by atoms with Crippen molar-refractivity contribution in [1.82, 2.24) is 10.2 Å². The third-order valence-corrected chi connectivity index (χ3v) is 9.83. The van der Waals surface area contributed by atoms with E-state index in [2.05, 4.69) is 10.2 Å². The Morgan fingerprint density at radius 2 is 1.73 bits per heavy atom. The number of aliphatic hydroxyl groups excluding tert-OH is 1. The maximum absolute atomic E-state index is 13.7. The predicted molar refractivity (Wildman–Crippen MR) is 182 cm³/mol. The molecule has 1 atom stereocenters. The Kier molecular flexibility index (Phi) is 9.74. The topological polar surface area (TPSA) is 122 Å². The molecule has 6 rings (SSSR count). The average Bonchev–Trinajstić information content (AvgIpc) is 3.66. The van der Waals surface area contributed by atoms with Gasteiger partial charge in [0.2, 0.25) is 5.13 Å². The molecule has 1 saturated heterocycles. The molecule has 48 heavy (non-hydrogen) atoms. The number of aromatic nitrogens is 2. The van der Waals surface area contributed by atoms with Crippen molar-refractivity contribution in [3.63, 3.8) is 0 Å². The van der Waals surface area contributed by atoms with Crippen LogP contribution in [0.2, 0.25) is 0 Å². The number of anilines is 1. The first-order valence-corrected chi connectivity index (χ1v) is 16.8. The second kappa shape index (κ2) is 14.3. The number of amides is 1. The molecule has 2 N–H and O–H groups in total. The van der Waals surface area contributed by atoms with E-state index >= 15 is 0 Å². The molecule has 0 aliphatic carbocycles. The second-order valence-corrected chi connectivity index (χ2v) is 13.0. The van der Waals surface area contributed by atoms with E-state index in [1.807, 2.05) is 31.2 Å². The molecule has 1 aromatic heterocycles. The van der Waals surface area contributed by atoms with Crippen LogP contribution in [0.1, 0.15) is 40.8 Å². The van der Waals surface area contributed by atoms with Crippen LogP contribution in [0, 0.1) is 12.7 Å². The molecule has 0 bridgehead atoms.